The normalized spacial score (nSPS) is 15.6. The van der Waals surface area contributed by atoms with Gasteiger partial charge in [0.25, 0.3) is 0 Å². The van der Waals surface area contributed by atoms with Crippen LogP contribution in [-0.4, -0.2) is 18.5 Å². The number of nitrogens with one attached hydrogen (secondary N) is 1. The quantitative estimate of drug-likeness (QED) is 0.733. The molecule has 0 bridgehead atoms. The van der Waals surface area contributed by atoms with E-state index in [1.165, 1.54) is 0 Å². The van der Waals surface area contributed by atoms with E-state index in [0.717, 1.165) is 19.3 Å². The van der Waals surface area contributed by atoms with Crippen molar-refractivity contribution < 1.29 is 4.79 Å². The molecule has 0 aliphatic rings. The van der Waals surface area contributed by atoms with Crippen molar-refractivity contribution in [3.05, 3.63) is 0 Å². The van der Waals surface area contributed by atoms with Gasteiger partial charge in [-0.2, -0.15) is 0 Å². The molecule has 0 aromatic heterocycles. The minimum Gasteiger partial charge on any atom is -0.354 e. The predicted octanol–water partition coefficient (Wildman–Crippen LogP) is 2.30. The Hall–Kier alpha value is -0.570. The second-order valence-electron chi connectivity index (χ2n) is 5.96. The number of nitrogens with two attached hydrogens (primary N) is 1. The minimum atomic E-state index is 0.0535. The topological polar surface area (TPSA) is 55.1 Å². The Kier molecular flexibility index (Phi) is 6.65. The van der Waals surface area contributed by atoms with E-state index < -0.39 is 0 Å². The lowest BCUT2D eigenvalue weighted by Gasteiger charge is -2.23. The fourth-order valence-electron chi connectivity index (χ4n) is 1.83. The zero-order valence-corrected chi connectivity index (χ0v) is 11.5. The number of hydrogen-bond acceptors (Lipinski definition) is 2. The Labute approximate surface area is 100 Å². The molecule has 3 heteroatoms. The van der Waals surface area contributed by atoms with Gasteiger partial charge in [-0.15, -0.1) is 0 Å². The summed E-state index contributed by atoms with van der Waals surface area (Å²) in [5.41, 5.74) is 6.19. The van der Waals surface area contributed by atoms with Gasteiger partial charge >= 0.3 is 0 Å². The van der Waals surface area contributed by atoms with E-state index in [9.17, 15) is 4.79 Å². The van der Waals surface area contributed by atoms with Crippen molar-refractivity contribution in [3.8, 4) is 0 Å². The molecule has 2 unspecified atom stereocenters. The molecular formula is C13H28N2O. The van der Waals surface area contributed by atoms with Crippen LogP contribution in [0.3, 0.4) is 0 Å². The first-order valence-electron chi connectivity index (χ1n) is 6.29. The fraction of sp³-hybridized carbons (Fsp3) is 0.923. The molecule has 0 saturated carbocycles. The summed E-state index contributed by atoms with van der Waals surface area (Å²) in [5.74, 6) is 0.234. The van der Waals surface area contributed by atoms with Crippen LogP contribution in [0, 0.1) is 11.3 Å². The molecule has 0 rings (SSSR count). The predicted molar refractivity (Wildman–Crippen MR) is 69.1 cm³/mol. The van der Waals surface area contributed by atoms with Crippen molar-refractivity contribution in [1.29, 1.82) is 0 Å². The van der Waals surface area contributed by atoms with Gasteiger partial charge in [-0.1, -0.05) is 41.0 Å². The first-order chi connectivity index (χ1) is 7.26. The monoisotopic (exact) mass is 228 g/mol. The molecule has 1 amide bonds. The smallest absolute Gasteiger partial charge is 0.222 e. The number of amides is 1. The van der Waals surface area contributed by atoms with Crippen molar-refractivity contribution in [2.45, 2.75) is 59.9 Å². The Morgan fingerprint density at radius 3 is 2.38 bits per heavy atom. The van der Waals surface area contributed by atoms with Gasteiger partial charge in [-0.05, 0) is 18.3 Å². The molecule has 0 aliphatic heterocycles. The summed E-state index contributed by atoms with van der Waals surface area (Å²) in [5, 5.41) is 2.93. The molecule has 0 spiro atoms. The van der Waals surface area contributed by atoms with Gasteiger partial charge in [0.05, 0.1) is 0 Å². The zero-order valence-electron chi connectivity index (χ0n) is 11.5. The van der Waals surface area contributed by atoms with Crippen LogP contribution in [-0.2, 0) is 4.79 Å². The highest BCUT2D eigenvalue weighted by Crippen LogP contribution is 2.19. The highest BCUT2D eigenvalue weighted by Gasteiger charge is 2.17. The average Bonchev–Trinajstić information content (AvgIpc) is 2.11. The third kappa shape index (κ3) is 7.69. The highest BCUT2D eigenvalue weighted by atomic mass is 16.1. The molecule has 96 valence electrons. The minimum absolute atomic E-state index is 0.0535. The summed E-state index contributed by atoms with van der Waals surface area (Å²) in [6, 6.07) is 0.0535. The maximum Gasteiger partial charge on any atom is 0.222 e. The maximum absolute atomic E-state index is 11.6. The van der Waals surface area contributed by atoms with E-state index >= 15 is 0 Å². The summed E-state index contributed by atoms with van der Waals surface area (Å²) in [6.07, 6.45) is 2.92. The highest BCUT2D eigenvalue weighted by molar-refractivity contribution is 5.78. The van der Waals surface area contributed by atoms with Gasteiger partial charge in [0.1, 0.15) is 0 Å². The molecule has 0 aromatic carbocycles. The van der Waals surface area contributed by atoms with Crippen LogP contribution in [0.15, 0.2) is 0 Å². The van der Waals surface area contributed by atoms with Gasteiger partial charge in [0.2, 0.25) is 5.91 Å². The molecule has 0 heterocycles. The second-order valence-corrected chi connectivity index (χ2v) is 5.96. The first-order valence-corrected chi connectivity index (χ1v) is 6.29. The fourth-order valence-corrected chi connectivity index (χ4v) is 1.83. The molecule has 0 aliphatic carbocycles. The second kappa shape index (κ2) is 6.89. The van der Waals surface area contributed by atoms with Gasteiger partial charge < -0.3 is 11.1 Å². The maximum atomic E-state index is 11.6. The molecule has 3 nitrogen and oxygen atoms in total. The molecule has 0 saturated heterocycles. The lowest BCUT2D eigenvalue weighted by Crippen LogP contribution is -2.41. The van der Waals surface area contributed by atoms with Gasteiger partial charge in [-0.3, -0.25) is 4.79 Å². The van der Waals surface area contributed by atoms with Crippen LogP contribution in [0.2, 0.25) is 0 Å². The molecular weight excluding hydrogens is 200 g/mol. The lowest BCUT2D eigenvalue weighted by atomic mass is 9.88. The number of carbonyl (C=O) groups is 1. The van der Waals surface area contributed by atoms with Gasteiger partial charge in [0.15, 0.2) is 0 Å². The summed E-state index contributed by atoms with van der Waals surface area (Å²) in [4.78, 5) is 11.6. The van der Waals surface area contributed by atoms with Crippen molar-refractivity contribution >= 4 is 5.91 Å². The number of rotatable bonds is 6. The van der Waals surface area contributed by atoms with Crippen LogP contribution in [0.1, 0.15) is 53.9 Å². The van der Waals surface area contributed by atoms with E-state index in [-0.39, 0.29) is 23.3 Å². The molecule has 0 fully saturated rings. The van der Waals surface area contributed by atoms with Crippen LogP contribution >= 0.6 is 0 Å². The van der Waals surface area contributed by atoms with E-state index in [1.54, 1.807) is 0 Å². The Morgan fingerprint density at radius 1 is 1.38 bits per heavy atom. The van der Waals surface area contributed by atoms with Crippen LogP contribution in [0.4, 0.5) is 0 Å². The summed E-state index contributed by atoms with van der Waals surface area (Å²) in [7, 11) is 0. The lowest BCUT2D eigenvalue weighted by molar-refractivity contribution is -0.124. The summed E-state index contributed by atoms with van der Waals surface area (Å²) in [6.45, 7) is 11.1. The van der Waals surface area contributed by atoms with E-state index in [4.69, 9.17) is 5.73 Å². The Morgan fingerprint density at radius 2 is 1.94 bits per heavy atom. The van der Waals surface area contributed by atoms with Crippen molar-refractivity contribution in [2.75, 3.05) is 6.54 Å². The SMILES string of the molecule is CCCC(C)C(=O)NCC(N)CC(C)(C)C. The summed E-state index contributed by atoms with van der Waals surface area (Å²) >= 11 is 0. The van der Waals surface area contributed by atoms with Crippen LogP contribution < -0.4 is 11.1 Å². The van der Waals surface area contributed by atoms with Gasteiger partial charge in [0, 0.05) is 18.5 Å². The third-order valence-corrected chi connectivity index (χ3v) is 2.58. The number of hydrogen-bond donors (Lipinski definition) is 2. The average molecular weight is 228 g/mol. The molecule has 0 aromatic rings. The molecule has 16 heavy (non-hydrogen) atoms. The van der Waals surface area contributed by atoms with Crippen LogP contribution in [0.25, 0.3) is 0 Å². The molecule has 3 N–H and O–H groups in total. The standard InChI is InChI=1S/C13H28N2O/c1-6-7-10(2)12(16)15-9-11(14)8-13(3,4)5/h10-11H,6-9,14H2,1-5H3,(H,15,16). The van der Waals surface area contributed by atoms with E-state index in [2.05, 4.69) is 33.0 Å². The first kappa shape index (κ1) is 15.4. The Balaban J connectivity index is 3.83. The third-order valence-electron chi connectivity index (χ3n) is 2.58. The summed E-state index contributed by atoms with van der Waals surface area (Å²) < 4.78 is 0. The molecule has 2 atom stereocenters. The van der Waals surface area contributed by atoms with E-state index in [1.807, 2.05) is 6.92 Å². The van der Waals surface area contributed by atoms with Crippen molar-refractivity contribution in [3.63, 3.8) is 0 Å². The van der Waals surface area contributed by atoms with Crippen molar-refractivity contribution in [1.82, 2.24) is 5.32 Å². The number of carbonyl (C=O) groups excluding carboxylic acids is 1. The Bertz CT molecular complexity index is 208. The largest absolute Gasteiger partial charge is 0.354 e. The molecule has 0 radical (unpaired) electrons. The van der Waals surface area contributed by atoms with Gasteiger partial charge in [-0.25, -0.2) is 0 Å². The zero-order chi connectivity index (χ0) is 12.8. The van der Waals surface area contributed by atoms with Crippen molar-refractivity contribution in [2.24, 2.45) is 17.1 Å². The van der Waals surface area contributed by atoms with E-state index in [0.29, 0.717) is 6.54 Å². The van der Waals surface area contributed by atoms with Crippen LogP contribution in [0.5, 0.6) is 0 Å².